The Morgan fingerprint density at radius 1 is 1.12 bits per heavy atom. The molecule has 0 fully saturated rings. The first kappa shape index (κ1) is 17.1. The Bertz CT molecular complexity index is 822. The molecule has 4 nitrogen and oxygen atoms in total. The maximum Gasteiger partial charge on any atom is 0.159 e. The van der Waals surface area contributed by atoms with Crippen LogP contribution in [-0.2, 0) is 17.9 Å². The number of hydrogen-bond acceptors (Lipinski definition) is 3. The van der Waals surface area contributed by atoms with Gasteiger partial charge in [-0.2, -0.15) is 0 Å². The summed E-state index contributed by atoms with van der Waals surface area (Å²) in [6, 6.07) is 11.3. The van der Waals surface area contributed by atoms with Crippen molar-refractivity contribution in [3.05, 3.63) is 83.9 Å². The lowest BCUT2D eigenvalue weighted by molar-refractivity contribution is 0.0276. The predicted molar refractivity (Wildman–Crippen MR) is 89.1 cm³/mol. The van der Waals surface area contributed by atoms with E-state index in [4.69, 9.17) is 9.47 Å². The summed E-state index contributed by atoms with van der Waals surface area (Å²) in [6.45, 7) is 0.755. The number of ether oxygens (including phenoxy) is 2. The molecule has 6 heteroatoms. The van der Waals surface area contributed by atoms with E-state index in [2.05, 4.69) is 4.98 Å². The van der Waals surface area contributed by atoms with Gasteiger partial charge in [0.25, 0.3) is 0 Å². The predicted octanol–water partition coefficient (Wildman–Crippen LogP) is 4.13. The van der Waals surface area contributed by atoms with Crippen molar-refractivity contribution in [2.45, 2.75) is 19.3 Å². The molecule has 0 aliphatic heterocycles. The Morgan fingerprint density at radius 3 is 2.72 bits per heavy atom. The second kappa shape index (κ2) is 7.90. The number of rotatable bonds is 7. The number of benzene rings is 2. The summed E-state index contributed by atoms with van der Waals surface area (Å²) in [6.07, 6.45) is 4.66. The van der Waals surface area contributed by atoms with E-state index < -0.39 is 17.7 Å². The Labute approximate surface area is 144 Å². The van der Waals surface area contributed by atoms with Gasteiger partial charge in [0.2, 0.25) is 0 Å². The molecule has 3 rings (SSSR count). The zero-order valence-corrected chi connectivity index (χ0v) is 13.7. The van der Waals surface area contributed by atoms with E-state index in [1.165, 1.54) is 12.1 Å². The normalized spacial score (nSPS) is 12.1. The van der Waals surface area contributed by atoms with Crippen molar-refractivity contribution in [3.63, 3.8) is 0 Å². The topological polar surface area (TPSA) is 36.3 Å². The molecule has 1 unspecified atom stereocenters. The van der Waals surface area contributed by atoms with Crippen LogP contribution in [0.4, 0.5) is 8.78 Å². The van der Waals surface area contributed by atoms with Gasteiger partial charge >= 0.3 is 0 Å². The standard InChI is InChI=1S/C19H18F2N2O2/c1-24-16-4-2-3-14(9-16)12-25-19(11-23-8-7-22-13-23)15-5-6-17(20)18(21)10-15/h2-10,13,19H,11-12H2,1H3. The van der Waals surface area contributed by atoms with Gasteiger partial charge in [0.05, 0.1) is 26.6 Å². The molecular formula is C19H18F2N2O2. The number of imidazole rings is 1. The van der Waals surface area contributed by atoms with Crippen molar-refractivity contribution in [1.82, 2.24) is 9.55 Å². The SMILES string of the molecule is COc1cccc(COC(Cn2ccnc2)c2ccc(F)c(F)c2)c1. The lowest BCUT2D eigenvalue weighted by Gasteiger charge is -2.19. The number of hydrogen-bond donors (Lipinski definition) is 0. The minimum absolute atomic E-state index is 0.315. The third-order valence-corrected chi connectivity index (χ3v) is 3.84. The molecule has 0 aliphatic carbocycles. The maximum atomic E-state index is 13.6. The van der Waals surface area contributed by atoms with Crippen LogP contribution in [-0.4, -0.2) is 16.7 Å². The lowest BCUT2D eigenvalue weighted by atomic mass is 10.1. The summed E-state index contributed by atoms with van der Waals surface area (Å²) >= 11 is 0. The minimum atomic E-state index is -0.891. The van der Waals surface area contributed by atoms with Crippen LogP contribution >= 0.6 is 0 Å². The summed E-state index contributed by atoms with van der Waals surface area (Å²) in [5, 5.41) is 0. The Kier molecular flexibility index (Phi) is 5.40. The molecule has 0 spiro atoms. The fraction of sp³-hybridized carbons (Fsp3) is 0.211. The second-order valence-electron chi connectivity index (χ2n) is 5.58. The van der Waals surface area contributed by atoms with E-state index in [0.717, 1.165) is 17.4 Å². The van der Waals surface area contributed by atoms with Crippen molar-refractivity contribution >= 4 is 0 Å². The lowest BCUT2D eigenvalue weighted by Crippen LogP contribution is -2.12. The van der Waals surface area contributed by atoms with Gasteiger partial charge in [-0.3, -0.25) is 0 Å². The van der Waals surface area contributed by atoms with E-state index in [1.54, 1.807) is 25.8 Å². The number of halogens is 2. The highest BCUT2D eigenvalue weighted by Gasteiger charge is 2.16. The Morgan fingerprint density at radius 2 is 2.00 bits per heavy atom. The molecule has 0 radical (unpaired) electrons. The zero-order valence-electron chi connectivity index (χ0n) is 13.7. The maximum absolute atomic E-state index is 13.6. The first-order chi connectivity index (χ1) is 12.2. The van der Waals surface area contributed by atoms with Crippen LogP contribution in [0.2, 0.25) is 0 Å². The van der Waals surface area contributed by atoms with Gasteiger partial charge in [-0.25, -0.2) is 13.8 Å². The molecule has 0 saturated heterocycles. The summed E-state index contributed by atoms with van der Waals surface area (Å²) < 4.78 is 39.9. The molecule has 0 saturated carbocycles. The van der Waals surface area contributed by atoms with E-state index in [0.29, 0.717) is 18.7 Å². The van der Waals surface area contributed by atoms with Gasteiger partial charge in [0, 0.05) is 12.4 Å². The van der Waals surface area contributed by atoms with E-state index in [9.17, 15) is 8.78 Å². The average Bonchev–Trinajstić information content (AvgIpc) is 3.14. The van der Waals surface area contributed by atoms with E-state index in [1.807, 2.05) is 28.8 Å². The molecule has 0 amide bonds. The molecule has 0 N–H and O–H groups in total. The summed E-state index contributed by atoms with van der Waals surface area (Å²) in [7, 11) is 1.60. The van der Waals surface area contributed by atoms with Crippen LogP contribution in [0.3, 0.4) is 0 Å². The van der Waals surface area contributed by atoms with Crippen molar-refractivity contribution < 1.29 is 18.3 Å². The number of nitrogens with zero attached hydrogens (tertiary/aromatic N) is 2. The van der Waals surface area contributed by atoms with Gasteiger partial charge in [-0.05, 0) is 35.4 Å². The monoisotopic (exact) mass is 344 g/mol. The highest BCUT2D eigenvalue weighted by molar-refractivity contribution is 5.28. The van der Waals surface area contributed by atoms with Crippen LogP contribution in [0.15, 0.2) is 61.2 Å². The summed E-state index contributed by atoms with van der Waals surface area (Å²) in [4.78, 5) is 4.00. The van der Waals surface area contributed by atoms with E-state index in [-0.39, 0.29) is 0 Å². The second-order valence-corrected chi connectivity index (χ2v) is 5.58. The molecular weight excluding hydrogens is 326 g/mol. The van der Waals surface area contributed by atoms with Gasteiger partial charge in [0.1, 0.15) is 11.9 Å². The molecule has 0 aliphatic rings. The van der Waals surface area contributed by atoms with Crippen molar-refractivity contribution in [2.24, 2.45) is 0 Å². The summed E-state index contributed by atoms with van der Waals surface area (Å²) in [5.74, 6) is -1.03. The first-order valence-corrected chi connectivity index (χ1v) is 7.81. The molecule has 1 aromatic heterocycles. The van der Waals surface area contributed by atoms with Crippen molar-refractivity contribution in [3.8, 4) is 5.75 Å². The number of methoxy groups -OCH3 is 1. The van der Waals surface area contributed by atoms with Gasteiger partial charge in [-0.1, -0.05) is 18.2 Å². The average molecular weight is 344 g/mol. The largest absolute Gasteiger partial charge is 0.497 e. The minimum Gasteiger partial charge on any atom is -0.497 e. The van der Waals surface area contributed by atoms with Gasteiger partial charge in [-0.15, -0.1) is 0 Å². The van der Waals surface area contributed by atoms with Crippen molar-refractivity contribution in [2.75, 3.05) is 7.11 Å². The van der Waals surface area contributed by atoms with Crippen LogP contribution in [0.25, 0.3) is 0 Å². The van der Waals surface area contributed by atoms with Gasteiger partial charge in [0.15, 0.2) is 11.6 Å². The Hall–Kier alpha value is -2.73. The fourth-order valence-electron chi connectivity index (χ4n) is 2.51. The molecule has 130 valence electrons. The van der Waals surface area contributed by atoms with Crippen LogP contribution in [0.1, 0.15) is 17.2 Å². The van der Waals surface area contributed by atoms with E-state index >= 15 is 0 Å². The van der Waals surface area contributed by atoms with Crippen molar-refractivity contribution in [1.29, 1.82) is 0 Å². The fourth-order valence-corrected chi connectivity index (χ4v) is 2.51. The van der Waals surface area contributed by atoms with Crippen LogP contribution in [0.5, 0.6) is 5.75 Å². The number of aromatic nitrogens is 2. The molecule has 1 heterocycles. The Balaban J connectivity index is 1.79. The molecule has 0 bridgehead atoms. The third kappa shape index (κ3) is 4.42. The van der Waals surface area contributed by atoms with Gasteiger partial charge < -0.3 is 14.0 Å². The molecule has 3 aromatic rings. The third-order valence-electron chi connectivity index (χ3n) is 3.84. The van der Waals surface area contributed by atoms with Crippen LogP contribution in [0, 0.1) is 11.6 Å². The zero-order chi connectivity index (χ0) is 17.6. The highest BCUT2D eigenvalue weighted by Crippen LogP contribution is 2.24. The smallest absolute Gasteiger partial charge is 0.159 e. The first-order valence-electron chi connectivity index (χ1n) is 7.81. The summed E-state index contributed by atoms with van der Waals surface area (Å²) in [5.41, 5.74) is 1.49. The molecule has 2 aromatic carbocycles. The quantitative estimate of drug-likeness (QED) is 0.647. The highest BCUT2D eigenvalue weighted by atomic mass is 19.2. The molecule has 25 heavy (non-hydrogen) atoms. The van der Waals surface area contributed by atoms with Crippen LogP contribution < -0.4 is 4.74 Å². The molecule has 1 atom stereocenters.